The van der Waals surface area contributed by atoms with Crippen molar-refractivity contribution in [1.82, 2.24) is 10.2 Å². The van der Waals surface area contributed by atoms with Crippen molar-refractivity contribution in [2.75, 3.05) is 13.2 Å². The molecule has 2 aromatic carbocycles. The van der Waals surface area contributed by atoms with E-state index >= 15 is 0 Å². The van der Waals surface area contributed by atoms with E-state index in [9.17, 15) is 9.59 Å². The van der Waals surface area contributed by atoms with Crippen molar-refractivity contribution in [3.8, 4) is 5.75 Å². The maximum Gasteiger partial charge on any atom is 0.261 e. The molecular weight excluding hydrogens is 352 g/mol. The molecule has 150 valence electrons. The fourth-order valence-electron chi connectivity index (χ4n) is 2.67. The SMILES string of the molecule is Cc1ccc(CN(C(=O)COc2ccccc2)C(C)C(=O)NCC(C)C)cc1. The number of benzene rings is 2. The largest absolute Gasteiger partial charge is 0.484 e. The molecule has 5 heteroatoms. The van der Waals surface area contributed by atoms with Crippen molar-refractivity contribution >= 4 is 11.8 Å². The number of aryl methyl sites for hydroxylation is 1. The molecular formula is C23H30N2O3. The summed E-state index contributed by atoms with van der Waals surface area (Å²) in [7, 11) is 0. The van der Waals surface area contributed by atoms with Crippen LogP contribution in [0.15, 0.2) is 54.6 Å². The Bertz CT molecular complexity index is 757. The van der Waals surface area contributed by atoms with Crippen molar-refractivity contribution in [1.29, 1.82) is 0 Å². The van der Waals surface area contributed by atoms with Crippen LogP contribution in [0.2, 0.25) is 0 Å². The van der Waals surface area contributed by atoms with Crippen LogP contribution < -0.4 is 10.1 Å². The van der Waals surface area contributed by atoms with E-state index in [1.165, 1.54) is 0 Å². The molecule has 0 aromatic heterocycles. The molecule has 28 heavy (non-hydrogen) atoms. The first-order valence-electron chi connectivity index (χ1n) is 9.67. The second-order valence-electron chi connectivity index (χ2n) is 7.42. The van der Waals surface area contributed by atoms with Crippen LogP contribution in [-0.4, -0.2) is 35.9 Å². The van der Waals surface area contributed by atoms with Gasteiger partial charge in [-0.3, -0.25) is 9.59 Å². The molecule has 0 spiro atoms. The van der Waals surface area contributed by atoms with E-state index in [0.717, 1.165) is 11.1 Å². The normalized spacial score (nSPS) is 11.8. The molecule has 2 rings (SSSR count). The third-order valence-corrected chi connectivity index (χ3v) is 4.43. The van der Waals surface area contributed by atoms with Crippen molar-refractivity contribution in [3.05, 3.63) is 65.7 Å². The monoisotopic (exact) mass is 382 g/mol. The highest BCUT2D eigenvalue weighted by Gasteiger charge is 2.26. The van der Waals surface area contributed by atoms with E-state index < -0.39 is 6.04 Å². The van der Waals surface area contributed by atoms with Crippen LogP contribution in [0.4, 0.5) is 0 Å². The molecule has 0 bridgehead atoms. The summed E-state index contributed by atoms with van der Waals surface area (Å²) in [5, 5.41) is 2.91. The highest BCUT2D eigenvalue weighted by molar-refractivity contribution is 5.87. The predicted octanol–water partition coefficient (Wildman–Crippen LogP) is 3.56. The molecule has 0 saturated heterocycles. The summed E-state index contributed by atoms with van der Waals surface area (Å²) in [4.78, 5) is 27.0. The van der Waals surface area contributed by atoms with Gasteiger partial charge in [0.25, 0.3) is 5.91 Å². The quantitative estimate of drug-likeness (QED) is 0.721. The van der Waals surface area contributed by atoms with Crippen molar-refractivity contribution < 1.29 is 14.3 Å². The van der Waals surface area contributed by atoms with E-state index in [1.807, 2.05) is 63.2 Å². The molecule has 0 radical (unpaired) electrons. The molecule has 1 unspecified atom stereocenters. The van der Waals surface area contributed by atoms with Gasteiger partial charge in [0.15, 0.2) is 6.61 Å². The molecule has 1 N–H and O–H groups in total. The van der Waals surface area contributed by atoms with Crippen molar-refractivity contribution in [3.63, 3.8) is 0 Å². The standard InChI is InChI=1S/C23H30N2O3/c1-17(2)14-24-23(27)19(4)25(15-20-12-10-18(3)11-13-20)22(26)16-28-21-8-6-5-7-9-21/h5-13,17,19H,14-16H2,1-4H3,(H,24,27). The minimum absolute atomic E-state index is 0.113. The molecule has 2 aromatic rings. The van der Waals surface area contributed by atoms with Gasteiger partial charge in [0.2, 0.25) is 5.91 Å². The van der Waals surface area contributed by atoms with Gasteiger partial charge >= 0.3 is 0 Å². The van der Waals surface area contributed by atoms with Crippen LogP contribution in [0.3, 0.4) is 0 Å². The first-order chi connectivity index (χ1) is 13.4. The number of amides is 2. The van der Waals surface area contributed by atoms with Crippen molar-refractivity contribution in [2.24, 2.45) is 5.92 Å². The van der Waals surface area contributed by atoms with Gasteiger partial charge in [-0.25, -0.2) is 0 Å². The number of para-hydroxylation sites is 1. The summed E-state index contributed by atoms with van der Waals surface area (Å²) < 4.78 is 5.61. The highest BCUT2D eigenvalue weighted by atomic mass is 16.5. The van der Waals surface area contributed by atoms with Crippen LogP contribution in [-0.2, 0) is 16.1 Å². The number of carbonyl (C=O) groups is 2. The second kappa shape index (κ2) is 10.5. The van der Waals surface area contributed by atoms with Gasteiger partial charge in [-0.2, -0.15) is 0 Å². The number of carbonyl (C=O) groups excluding carboxylic acids is 2. The van der Waals surface area contributed by atoms with Gasteiger partial charge in [0.1, 0.15) is 11.8 Å². The van der Waals surface area contributed by atoms with E-state index in [0.29, 0.717) is 24.8 Å². The lowest BCUT2D eigenvalue weighted by molar-refractivity contribution is -0.142. The molecule has 0 heterocycles. The van der Waals surface area contributed by atoms with Gasteiger partial charge < -0.3 is 15.0 Å². The number of rotatable bonds is 9. The van der Waals surface area contributed by atoms with Crippen LogP contribution in [0.25, 0.3) is 0 Å². The molecule has 1 atom stereocenters. The van der Waals surface area contributed by atoms with Gasteiger partial charge in [0.05, 0.1) is 0 Å². The Morgan fingerprint density at radius 3 is 2.25 bits per heavy atom. The molecule has 0 aliphatic heterocycles. The minimum atomic E-state index is -0.591. The Hall–Kier alpha value is -2.82. The smallest absolute Gasteiger partial charge is 0.261 e. The topological polar surface area (TPSA) is 58.6 Å². The third-order valence-electron chi connectivity index (χ3n) is 4.43. The summed E-state index contributed by atoms with van der Waals surface area (Å²) in [6, 6.07) is 16.6. The number of ether oxygens (including phenoxy) is 1. The average molecular weight is 383 g/mol. The van der Waals surface area contributed by atoms with Gasteiger partial charge in [-0.1, -0.05) is 61.9 Å². The van der Waals surface area contributed by atoms with Gasteiger partial charge in [0, 0.05) is 13.1 Å². The number of hydrogen-bond donors (Lipinski definition) is 1. The lowest BCUT2D eigenvalue weighted by Crippen LogP contribution is -2.49. The lowest BCUT2D eigenvalue weighted by atomic mass is 10.1. The first-order valence-corrected chi connectivity index (χ1v) is 9.67. The van der Waals surface area contributed by atoms with Crippen molar-refractivity contribution in [2.45, 2.75) is 40.3 Å². The maximum absolute atomic E-state index is 12.9. The van der Waals surface area contributed by atoms with E-state index in [4.69, 9.17) is 4.74 Å². The Balaban J connectivity index is 2.10. The highest BCUT2D eigenvalue weighted by Crippen LogP contribution is 2.13. The summed E-state index contributed by atoms with van der Waals surface area (Å²) in [6.45, 7) is 8.66. The van der Waals surface area contributed by atoms with E-state index in [1.54, 1.807) is 24.0 Å². The maximum atomic E-state index is 12.9. The zero-order chi connectivity index (χ0) is 20.5. The molecule has 0 aliphatic rings. The minimum Gasteiger partial charge on any atom is -0.484 e. The Morgan fingerprint density at radius 2 is 1.64 bits per heavy atom. The van der Waals surface area contributed by atoms with Crippen LogP contribution in [0, 0.1) is 12.8 Å². The summed E-state index contributed by atoms with van der Waals surface area (Å²) in [5.41, 5.74) is 2.12. The summed E-state index contributed by atoms with van der Waals surface area (Å²) in [5.74, 6) is 0.590. The van der Waals surface area contributed by atoms with E-state index in [2.05, 4.69) is 5.32 Å². The van der Waals surface area contributed by atoms with Gasteiger partial charge in [-0.05, 0) is 37.5 Å². The van der Waals surface area contributed by atoms with Crippen LogP contribution in [0.1, 0.15) is 31.9 Å². The molecule has 5 nitrogen and oxygen atoms in total. The number of nitrogens with zero attached hydrogens (tertiary/aromatic N) is 1. The molecule has 0 fully saturated rings. The van der Waals surface area contributed by atoms with Gasteiger partial charge in [-0.15, -0.1) is 0 Å². The Kier molecular flexibility index (Phi) is 8.05. The summed E-state index contributed by atoms with van der Waals surface area (Å²) >= 11 is 0. The Morgan fingerprint density at radius 1 is 1.00 bits per heavy atom. The molecule has 2 amide bonds. The van der Waals surface area contributed by atoms with E-state index in [-0.39, 0.29) is 18.4 Å². The predicted molar refractivity (Wildman–Crippen MR) is 111 cm³/mol. The van der Waals surface area contributed by atoms with Crippen LogP contribution >= 0.6 is 0 Å². The summed E-state index contributed by atoms with van der Waals surface area (Å²) in [6.07, 6.45) is 0. The first kappa shape index (κ1) is 21.5. The average Bonchev–Trinajstić information content (AvgIpc) is 2.70. The fourth-order valence-corrected chi connectivity index (χ4v) is 2.67. The third kappa shape index (κ3) is 6.72. The zero-order valence-electron chi connectivity index (χ0n) is 17.1. The number of nitrogens with one attached hydrogen (secondary N) is 1. The molecule has 0 aliphatic carbocycles. The lowest BCUT2D eigenvalue weighted by Gasteiger charge is -2.29. The second-order valence-corrected chi connectivity index (χ2v) is 7.42. The Labute approximate surface area is 167 Å². The zero-order valence-corrected chi connectivity index (χ0v) is 17.1. The van der Waals surface area contributed by atoms with Crippen LogP contribution in [0.5, 0.6) is 5.75 Å². The molecule has 0 saturated carbocycles. The fraction of sp³-hybridized carbons (Fsp3) is 0.391. The number of hydrogen-bond acceptors (Lipinski definition) is 3.